The lowest BCUT2D eigenvalue weighted by atomic mass is 10.2. The minimum Gasteiger partial charge on any atom is -0.473 e. The Hall–Kier alpha value is -3.91. The van der Waals surface area contributed by atoms with Crippen molar-refractivity contribution in [3.05, 3.63) is 48.4 Å². The van der Waals surface area contributed by atoms with Gasteiger partial charge < -0.3 is 24.7 Å². The lowest BCUT2D eigenvalue weighted by Crippen LogP contribution is -2.49. The van der Waals surface area contributed by atoms with Crippen molar-refractivity contribution in [2.75, 3.05) is 44.6 Å². The maximum Gasteiger partial charge on any atom is 0.573 e. The topological polar surface area (TPSA) is 150 Å². The Morgan fingerprint density at radius 1 is 0.914 bits per heavy atom. The number of anilines is 1. The fourth-order valence-corrected chi connectivity index (χ4v) is 2.97. The number of aliphatic carboxylic acids is 2. The van der Waals surface area contributed by atoms with Gasteiger partial charge in [-0.05, 0) is 36.4 Å². The van der Waals surface area contributed by atoms with Gasteiger partial charge in [-0.2, -0.15) is 0 Å². The van der Waals surface area contributed by atoms with E-state index in [1.807, 2.05) is 9.80 Å². The quantitative estimate of drug-likeness (QED) is 0.378. The first-order valence-corrected chi connectivity index (χ1v) is 10.1. The first-order valence-electron chi connectivity index (χ1n) is 10.1. The van der Waals surface area contributed by atoms with Crippen molar-refractivity contribution in [1.82, 2.24) is 9.80 Å². The molecule has 3 N–H and O–H groups in total. The molecular formula is C21H22F3N3O8. The number of carbonyl (C=O) groups is 4. The van der Waals surface area contributed by atoms with Crippen LogP contribution in [0.15, 0.2) is 47.1 Å². The fraction of sp³-hybridized carbons (Fsp3) is 0.333. The second-order valence-corrected chi connectivity index (χ2v) is 7.18. The predicted molar refractivity (Wildman–Crippen MR) is 113 cm³/mol. The SMILES string of the molecule is O=C(CN1CCN(CC(=O)c2ccco2)CC1)Nc1ccc(OC(F)(F)F)cc1.O=C(O)C(=O)O. The molecule has 11 nitrogen and oxygen atoms in total. The van der Waals surface area contributed by atoms with Crippen LogP contribution in [0.2, 0.25) is 0 Å². The summed E-state index contributed by atoms with van der Waals surface area (Å²) in [5.74, 6) is -4.02. The molecule has 1 aliphatic rings. The summed E-state index contributed by atoms with van der Waals surface area (Å²) in [4.78, 5) is 46.4. The average molecular weight is 501 g/mol. The number of rotatable bonds is 7. The van der Waals surface area contributed by atoms with Crippen LogP contribution in [-0.2, 0) is 14.4 Å². The van der Waals surface area contributed by atoms with E-state index in [-0.39, 0.29) is 30.5 Å². The van der Waals surface area contributed by atoms with Gasteiger partial charge in [0.25, 0.3) is 0 Å². The van der Waals surface area contributed by atoms with E-state index in [0.717, 1.165) is 12.1 Å². The molecule has 2 heterocycles. The lowest BCUT2D eigenvalue weighted by Gasteiger charge is -2.33. The van der Waals surface area contributed by atoms with Gasteiger partial charge in [0.15, 0.2) is 5.76 Å². The molecule has 0 spiro atoms. The number of furan rings is 1. The molecule has 1 aliphatic heterocycles. The summed E-state index contributed by atoms with van der Waals surface area (Å²) in [6, 6.07) is 8.26. The molecule has 0 atom stereocenters. The number of Topliss-reactive ketones (excluding diaryl/α,β-unsaturated/α-hetero) is 1. The van der Waals surface area contributed by atoms with Crippen molar-refractivity contribution in [2.24, 2.45) is 0 Å². The van der Waals surface area contributed by atoms with Crippen LogP contribution in [0.1, 0.15) is 10.6 Å². The van der Waals surface area contributed by atoms with Gasteiger partial charge in [0.05, 0.1) is 19.4 Å². The Kier molecular flexibility index (Phi) is 9.78. The number of hydrogen-bond acceptors (Lipinski definition) is 8. The molecule has 14 heteroatoms. The van der Waals surface area contributed by atoms with E-state index < -0.39 is 18.3 Å². The Bertz CT molecular complexity index is 990. The molecule has 1 fully saturated rings. The summed E-state index contributed by atoms with van der Waals surface area (Å²) in [6.45, 7) is 2.95. The summed E-state index contributed by atoms with van der Waals surface area (Å²) in [7, 11) is 0. The van der Waals surface area contributed by atoms with Gasteiger partial charge in [0.1, 0.15) is 5.75 Å². The Labute approximate surface area is 196 Å². The van der Waals surface area contributed by atoms with Gasteiger partial charge in [0, 0.05) is 31.9 Å². The van der Waals surface area contributed by atoms with Crippen LogP contribution < -0.4 is 10.1 Å². The Morgan fingerprint density at radius 2 is 1.46 bits per heavy atom. The van der Waals surface area contributed by atoms with Crippen LogP contribution in [0.25, 0.3) is 0 Å². The number of ketones is 1. The molecule has 3 rings (SSSR count). The predicted octanol–water partition coefficient (Wildman–Crippen LogP) is 1.77. The van der Waals surface area contributed by atoms with Crippen LogP contribution in [0, 0.1) is 0 Å². The van der Waals surface area contributed by atoms with Gasteiger partial charge in [0.2, 0.25) is 11.7 Å². The first-order chi connectivity index (χ1) is 16.4. The molecule has 1 amide bonds. The highest BCUT2D eigenvalue weighted by atomic mass is 19.4. The molecule has 0 bridgehead atoms. The highest BCUT2D eigenvalue weighted by Crippen LogP contribution is 2.24. The zero-order chi connectivity index (χ0) is 26.0. The van der Waals surface area contributed by atoms with E-state index in [9.17, 15) is 22.8 Å². The molecule has 1 aromatic carbocycles. The molecular weight excluding hydrogens is 479 g/mol. The first kappa shape index (κ1) is 27.3. The van der Waals surface area contributed by atoms with Crippen LogP contribution in [-0.4, -0.2) is 89.3 Å². The molecule has 1 aromatic heterocycles. The molecule has 190 valence electrons. The highest BCUT2D eigenvalue weighted by molar-refractivity contribution is 6.27. The normalized spacial score (nSPS) is 14.4. The number of ether oxygens (including phenoxy) is 1. The number of piperazine rings is 1. The average Bonchev–Trinajstić information content (AvgIpc) is 3.31. The van der Waals surface area contributed by atoms with Crippen LogP contribution >= 0.6 is 0 Å². The number of hydrogen-bond donors (Lipinski definition) is 3. The minimum atomic E-state index is -4.75. The van der Waals surface area contributed by atoms with Crippen molar-refractivity contribution in [1.29, 1.82) is 0 Å². The number of amides is 1. The van der Waals surface area contributed by atoms with Crippen molar-refractivity contribution in [3.63, 3.8) is 0 Å². The van der Waals surface area contributed by atoms with Crippen molar-refractivity contribution < 1.29 is 51.7 Å². The number of benzene rings is 1. The number of carboxylic acid groups (broad SMARTS) is 2. The number of alkyl halides is 3. The largest absolute Gasteiger partial charge is 0.573 e. The molecule has 35 heavy (non-hydrogen) atoms. The third kappa shape index (κ3) is 10.3. The number of carboxylic acids is 2. The molecule has 2 aromatic rings. The maximum atomic E-state index is 12.2. The van der Waals surface area contributed by atoms with Crippen molar-refractivity contribution in [3.8, 4) is 5.75 Å². The Balaban J connectivity index is 0.000000641. The Morgan fingerprint density at radius 3 is 1.91 bits per heavy atom. The summed E-state index contributed by atoms with van der Waals surface area (Å²) >= 11 is 0. The van der Waals surface area contributed by atoms with E-state index in [4.69, 9.17) is 24.2 Å². The smallest absolute Gasteiger partial charge is 0.473 e. The van der Waals surface area contributed by atoms with Crippen molar-refractivity contribution in [2.45, 2.75) is 6.36 Å². The second-order valence-electron chi connectivity index (χ2n) is 7.18. The van der Waals surface area contributed by atoms with E-state index in [1.54, 1.807) is 12.1 Å². The lowest BCUT2D eigenvalue weighted by molar-refractivity contribution is -0.274. The second kappa shape index (κ2) is 12.5. The summed E-state index contributed by atoms with van der Waals surface area (Å²) in [5, 5.41) is 17.4. The molecule has 0 radical (unpaired) electrons. The highest BCUT2D eigenvalue weighted by Gasteiger charge is 2.31. The number of halogens is 3. The van der Waals surface area contributed by atoms with Gasteiger partial charge in [-0.3, -0.25) is 19.4 Å². The monoisotopic (exact) mass is 501 g/mol. The zero-order valence-electron chi connectivity index (χ0n) is 18.2. The number of nitrogens with one attached hydrogen (secondary N) is 1. The van der Waals surface area contributed by atoms with E-state index in [2.05, 4.69) is 10.1 Å². The maximum absolute atomic E-state index is 12.2. The fourth-order valence-electron chi connectivity index (χ4n) is 2.97. The number of nitrogens with zero attached hydrogens (tertiary/aromatic N) is 2. The molecule has 0 aliphatic carbocycles. The van der Waals surface area contributed by atoms with Crippen LogP contribution in [0.5, 0.6) is 5.75 Å². The van der Waals surface area contributed by atoms with E-state index in [1.165, 1.54) is 18.4 Å². The molecule has 1 saturated heterocycles. The van der Waals surface area contributed by atoms with E-state index >= 15 is 0 Å². The standard InChI is InChI=1S/C19H20F3N3O4.C2H2O4/c20-19(21,22)29-15-5-3-14(4-6-15)23-18(27)13-25-9-7-24(8-10-25)12-16(26)17-2-1-11-28-17;3-1(4)2(5)6/h1-6,11H,7-10,12-13H2,(H,23,27);(H,3,4)(H,5,6). The van der Waals surface area contributed by atoms with Gasteiger partial charge in [-0.1, -0.05) is 0 Å². The molecule has 0 unspecified atom stereocenters. The summed E-state index contributed by atoms with van der Waals surface area (Å²) < 4.78 is 45.4. The third-order valence-corrected chi connectivity index (χ3v) is 4.55. The molecule has 0 saturated carbocycles. The van der Waals surface area contributed by atoms with Crippen LogP contribution in [0.4, 0.5) is 18.9 Å². The van der Waals surface area contributed by atoms with Gasteiger partial charge in [-0.15, -0.1) is 13.2 Å². The van der Waals surface area contributed by atoms with E-state index in [0.29, 0.717) is 37.6 Å². The minimum absolute atomic E-state index is 0.0841. The van der Waals surface area contributed by atoms with Gasteiger partial charge >= 0.3 is 18.3 Å². The van der Waals surface area contributed by atoms with Gasteiger partial charge in [-0.25, -0.2) is 9.59 Å². The summed E-state index contributed by atoms with van der Waals surface area (Å²) in [6.07, 6.45) is -3.30. The third-order valence-electron chi connectivity index (χ3n) is 4.55. The summed E-state index contributed by atoms with van der Waals surface area (Å²) in [5.41, 5.74) is 0.382. The van der Waals surface area contributed by atoms with Crippen molar-refractivity contribution >= 4 is 29.3 Å². The zero-order valence-corrected chi connectivity index (χ0v) is 18.2. The van der Waals surface area contributed by atoms with Crippen LogP contribution in [0.3, 0.4) is 0 Å². The number of carbonyl (C=O) groups excluding carboxylic acids is 2.